The number of piperidine rings is 1. The molecule has 0 aliphatic carbocycles. The van der Waals surface area contributed by atoms with Gasteiger partial charge in [-0.15, -0.1) is 0 Å². The number of pyridine rings is 1. The molecular formula is C16H16N4O2. The Labute approximate surface area is 126 Å². The highest BCUT2D eigenvalue weighted by atomic mass is 16.3. The van der Waals surface area contributed by atoms with E-state index in [-0.39, 0.29) is 5.56 Å². The fourth-order valence-corrected chi connectivity index (χ4v) is 2.94. The summed E-state index contributed by atoms with van der Waals surface area (Å²) in [5.41, 5.74) is 0.997. The molecule has 1 aliphatic heterocycles. The van der Waals surface area contributed by atoms with E-state index in [1.807, 2.05) is 6.07 Å². The molecule has 4 rings (SSSR count). The molecule has 3 aromatic rings. The molecule has 0 saturated carbocycles. The van der Waals surface area contributed by atoms with Crippen molar-refractivity contribution < 1.29 is 4.42 Å². The van der Waals surface area contributed by atoms with E-state index in [9.17, 15) is 4.79 Å². The van der Waals surface area contributed by atoms with Crippen molar-refractivity contribution in [3.8, 4) is 11.3 Å². The number of nitrogens with one attached hydrogen (secondary N) is 1. The van der Waals surface area contributed by atoms with E-state index in [1.165, 1.54) is 6.42 Å². The van der Waals surface area contributed by atoms with Crippen LogP contribution in [0.5, 0.6) is 0 Å². The van der Waals surface area contributed by atoms with Gasteiger partial charge in [-0.05, 0) is 37.5 Å². The zero-order chi connectivity index (χ0) is 14.9. The van der Waals surface area contributed by atoms with E-state index in [2.05, 4.69) is 19.9 Å². The maximum Gasteiger partial charge on any atom is 0.262 e. The lowest BCUT2D eigenvalue weighted by atomic mass is 10.1. The third-order valence-electron chi connectivity index (χ3n) is 4.04. The molecule has 4 heterocycles. The molecule has 0 aromatic carbocycles. The van der Waals surface area contributed by atoms with E-state index >= 15 is 0 Å². The lowest BCUT2D eigenvalue weighted by Crippen LogP contribution is -2.32. The van der Waals surface area contributed by atoms with E-state index in [0.717, 1.165) is 25.9 Å². The third-order valence-corrected chi connectivity index (χ3v) is 4.04. The number of aromatic amines is 1. The Morgan fingerprint density at radius 1 is 1.18 bits per heavy atom. The summed E-state index contributed by atoms with van der Waals surface area (Å²) in [5.74, 6) is 1.26. The van der Waals surface area contributed by atoms with Crippen molar-refractivity contribution in [2.45, 2.75) is 19.3 Å². The van der Waals surface area contributed by atoms with Crippen LogP contribution >= 0.6 is 0 Å². The molecular weight excluding hydrogens is 280 g/mol. The van der Waals surface area contributed by atoms with Crippen molar-refractivity contribution in [1.29, 1.82) is 0 Å². The molecule has 0 unspecified atom stereocenters. The Balaban J connectivity index is 1.88. The molecule has 22 heavy (non-hydrogen) atoms. The highest BCUT2D eigenvalue weighted by Crippen LogP contribution is 2.25. The van der Waals surface area contributed by atoms with Crippen LogP contribution in [0, 0.1) is 0 Å². The van der Waals surface area contributed by atoms with Crippen LogP contribution in [-0.4, -0.2) is 28.0 Å². The quantitative estimate of drug-likeness (QED) is 0.786. The average Bonchev–Trinajstić information content (AvgIpc) is 3.09. The smallest absolute Gasteiger partial charge is 0.262 e. The van der Waals surface area contributed by atoms with Crippen molar-refractivity contribution in [3.63, 3.8) is 0 Å². The van der Waals surface area contributed by atoms with Crippen molar-refractivity contribution in [3.05, 3.63) is 41.0 Å². The number of anilines is 1. The third kappa shape index (κ3) is 2.16. The molecule has 0 amide bonds. The fraction of sp³-hybridized carbons (Fsp3) is 0.312. The van der Waals surface area contributed by atoms with Gasteiger partial charge in [0.1, 0.15) is 5.76 Å². The van der Waals surface area contributed by atoms with Gasteiger partial charge < -0.3 is 9.32 Å². The first-order valence-electron chi connectivity index (χ1n) is 7.51. The number of furan rings is 1. The lowest BCUT2D eigenvalue weighted by molar-refractivity contribution is 0.568. The minimum absolute atomic E-state index is 0.176. The lowest BCUT2D eigenvalue weighted by Gasteiger charge is -2.26. The first-order valence-corrected chi connectivity index (χ1v) is 7.51. The molecule has 112 valence electrons. The molecule has 1 fully saturated rings. The summed E-state index contributed by atoms with van der Waals surface area (Å²) >= 11 is 0. The van der Waals surface area contributed by atoms with Crippen LogP contribution < -0.4 is 10.5 Å². The first kappa shape index (κ1) is 13.1. The van der Waals surface area contributed by atoms with E-state index in [1.54, 1.807) is 24.6 Å². The van der Waals surface area contributed by atoms with Gasteiger partial charge in [-0.1, -0.05) is 0 Å². The molecule has 0 spiro atoms. The predicted octanol–water partition coefficient (Wildman–Crippen LogP) is 2.57. The fourth-order valence-electron chi connectivity index (χ4n) is 2.94. The number of H-pyrrole nitrogens is 1. The van der Waals surface area contributed by atoms with Crippen LogP contribution in [0.4, 0.5) is 5.95 Å². The molecule has 1 saturated heterocycles. The largest absolute Gasteiger partial charge is 0.464 e. The number of rotatable bonds is 2. The van der Waals surface area contributed by atoms with Gasteiger partial charge in [0.05, 0.1) is 11.6 Å². The van der Waals surface area contributed by atoms with Crippen LogP contribution in [0.1, 0.15) is 19.3 Å². The Hall–Kier alpha value is -2.63. The van der Waals surface area contributed by atoms with Crippen LogP contribution in [0.3, 0.4) is 0 Å². The second-order valence-corrected chi connectivity index (χ2v) is 5.47. The summed E-state index contributed by atoms with van der Waals surface area (Å²) in [4.78, 5) is 26.4. The van der Waals surface area contributed by atoms with Gasteiger partial charge in [0.25, 0.3) is 5.56 Å². The highest BCUT2D eigenvalue weighted by Gasteiger charge is 2.17. The van der Waals surface area contributed by atoms with Crippen molar-refractivity contribution in [1.82, 2.24) is 15.0 Å². The van der Waals surface area contributed by atoms with Crippen LogP contribution in [0.2, 0.25) is 0 Å². The maximum atomic E-state index is 12.6. The van der Waals surface area contributed by atoms with E-state index in [4.69, 9.17) is 4.42 Å². The second kappa shape index (κ2) is 5.29. The molecule has 1 N–H and O–H groups in total. The molecule has 0 bridgehead atoms. The van der Waals surface area contributed by atoms with Crippen molar-refractivity contribution in [2.75, 3.05) is 18.0 Å². The topological polar surface area (TPSA) is 75.0 Å². The zero-order valence-electron chi connectivity index (χ0n) is 12.1. The predicted molar refractivity (Wildman–Crippen MR) is 83.9 cm³/mol. The standard InChI is InChI=1S/C16H16N4O2/c21-15-13-11(12-5-4-10-22-12)6-7-17-14(13)18-16(19-15)20-8-2-1-3-9-20/h4-7,10H,1-3,8-9H2,(H,17,18,19,21). The maximum absolute atomic E-state index is 12.6. The Morgan fingerprint density at radius 3 is 2.82 bits per heavy atom. The van der Waals surface area contributed by atoms with Gasteiger partial charge in [-0.2, -0.15) is 4.98 Å². The Morgan fingerprint density at radius 2 is 2.05 bits per heavy atom. The molecule has 1 aliphatic rings. The van der Waals surface area contributed by atoms with Gasteiger partial charge in [-0.25, -0.2) is 4.98 Å². The second-order valence-electron chi connectivity index (χ2n) is 5.47. The van der Waals surface area contributed by atoms with Gasteiger partial charge >= 0.3 is 0 Å². The number of nitrogens with zero attached hydrogens (tertiary/aromatic N) is 3. The zero-order valence-corrected chi connectivity index (χ0v) is 12.1. The summed E-state index contributed by atoms with van der Waals surface area (Å²) < 4.78 is 5.41. The molecule has 0 radical (unpaired) electrons. The van der Waals surface area contributed by atoms with E-state index < -0.39 is 0 Å². The van der Waals surface area contributed by atoms with Gasteiger partial charge in [-0.3, -0.25) is 9.78 Å². The summed E-state index contributed by atoms with van der Waals surface area (Å²) in [5, 5.41) is 0.471. The minimum Gasteiger partial charge on any atom is -0.464 e. The number of hydrogen-bond donors (Lipinski definition) is 1. The van der Waals surface area contributed by atoms with Gasteiger partial charge in [0.15, 0.2) is 5.65 Å². The summed E-state index contributed by atoms with van der Waals surface area (Å²) in [7, 11) is 0. The molecule has 0 atom stereocenters. The summed E-state index contributed by atoms with van der Waals surface area (Å²) in [6.45, 7) is 1.85. The molecule has 6 nitrogen and oxygen atoms in total. The molecule has 6 heteroatoms. The summed E-state index contributed by atoms with van der Waals surface area (Å²) in [6, 6.07) is 5.40. The van der Waals surface area contributed by atoms with Crippen molar-refractivity contribution in [2.24, 2.45) is 0 Å². The normalized spacial score (nSPS) is 15.4. The summed E-state index contributed by atoms with van der Waals surface area (Å²) in [6.07, 6.45) is 6.73. The van der Waals surface area contributed by atoms with Crippen LogP contribution in [0.15, 0.2) is 39.9 Å². The Bertz CT molecular complexity index is 848. The minimum atomic E-state index is -0.176. The Kier molecular flexibility index (Phi) is 3.14. The van der Waals surface area contributed by atoms with Crippen molar-refractivity contribution >= 4 is 17.0 Å². The monoisotopic (exact) mass is 296 g/mol. The van der Waals surface area contributed by atoms with E-state index in [0.29, 0.717) is 28.3 Å². The first-order chi connectivity index (χ1) is 10.8. The average molecular weight is 296 g/mol. The number of fused-ring (bicyclic) bond motifs is 1. The number of aromatic nitrogens is 3. The molecule has 3 aromatic heterocycles. The SMILES string of the molecule is O=c1[nH]c(N2CCCCC2)nc2nccc(-c3ccco3)c12. The van der Waals surface area contributed by atoms with Crippen LogP contribution in [-0.2, 0) is 0 Å². The van der Waals surface area contributed by atoms with Gasteiger partial charge in [0.2, 0.25) is 5.95 Å². The highest BCUT2D eigenvalue weighted by molar-refractivity contribution is 5.90. The van der Waals surface area contributed by atoms with Crippen LogP contribution in [0.25, 0.3) is 22.4 Å². The number of hydrogen-bond acceptors (Lipinski definition) is 5. The van der Waals surface area contributed by atoms with Gasteiger partial charge in [0, 0.05) is 24.8 Å².